The Hall–Kier alpha value is -3.01. The van der Waals surface area contributed by atoms with Gasteiger partial charge in [-0.15, -0.1) is 0 Å². The summed E-state index contributed by atoms with van der Waals surface area (Å²) in [6, 6.07) is 17.0. The molecule has 0 saturated carbocycles. The van der Waals surface area contributed by atoms with Crippen molar-refractivity contribution in [3.8, 4) is 17.2 Å². The van der Waals surface area contributed by atoms with Crippen molar-refractivity contribution in [3.05, 3.63) is 60.2 Å². The van der Waals surface area contributed by atoms with Gasteiger partial charge in [0.25, 0.3) is 0 Å². The number of benzene rings is 3. The Morgan fingerprint density at radius 2 is 1.88 bits per heavy atom. The number of aromatic hydroxyl groups is 1. The molecule has 3 aromatic rings. The first-order valence-corrected chi connectivity index (χ1v) is 7.78. The van der Waals surface area contributed by atoms with Gasteiger partial charge in [-0.2, -0.15) is 0 Å². The monoisotopic (exact) mass is 321 g/mol. The van der Waals surface area contributed by atoms with Crippen LogP contribution in [0.1, 0.15) is 12.5 Å². The van der Waals surface area contributed by atoms with Crippen LogP contribution in [-0.2, 0) is 0 Å². The molecule has 0 amide bonds. The van der Waals surface area contributed by atoms with Gasteiger partial charge in [0.15, 0.2) is 11.5 Å². The van der Waals surface area contributed by atoms with E-state index in [1.54, 1.807) is 19.4 Å². The quantitative estimate of drug-likeness (QED) is 0.693. The van der Waals surface area contributed by atoms with E-state index in [1.807, 2.05) is 55.5 Å². The van der Waals surface area contributed by atoms with Crippen LogP contribution in [0.5, 0.6) is 17.2 Å². The van der Waals surface area contributed by atoms with E-state index >= 15 is 0 Å². The van der Waals surface area contributed by atoms with Gasteiger partial charge in [-0.3, -0.25) is 4.99 Å². The Bertz CT molecular complexity index is 887. The topological polar surface area (TPSA) is 51.0 Å². The minimum absolute atomic E-state index is 0.204. The van der Waals surface area contributed by atoms with Gasteiger partial charge >= 0.3 is 0 Å². The van der Waals surface area contributed by atoms with Crippen LogP contribution in [0.15, 0.2) is 59.6 Å². The van der Waals surface area contributed by atoms with Crippen LogP contribution < -0.4 is 9.47 Å². The van der Waals surface area contributed by atoms with E-state index in [1.165, 1.54) is 0 Å². The Morgan fingerprint density at radius 1 is 1.04 bits per heavy atom. The molecule has 1 N–H and O–H groups in total. The molecule has 0 aliphatic rings. The third-order valence-electron chi connectivity index (χ3n) is 3.74. The van der Waals surface area contributed by atoms with Crippen molar-refractivity contribution in [1.29, 1.82) is 0 Å². The van der Waals surface area contributed by atoms with Gasteiger partial charge in [0.05, 0.1) is 19.4 Å². The fourth-order valence-electron chi connectivity index (χ4n) is 2.57. The van der Waals surface area contributed by atoms with E-state index in [9.17, 15) is 5.11 Å². The highest BCUT2D eigenvalue weighted by atomic mass is 16.5. The van der Waals surface area contributed by atoms with Crippen LogP contribution in [0.2, 0.25) is 0 Å². The lowest BCUT2D eigenvalue weighted by Gasteiger charge is -2.09. The summed E-state index contributed by atoms with van der Waals surface area (Å²) in [6.45, 7) is 2.50. The summed E-state index contributed by atoms with van der Waals surface area (Å²) in [5, 5.41) is 12.2. The summed E-state index contributed by atoms with van der Waals surface area (Å²) in [6.07, 6.45) is 1.67. The summed E-state index contributed by atoms with van der Waals surface area (Å²) in [7, 11) is 1.60. The maximum absolute atomic E-state index is 10.2. The van der Waals surface area contributed by atoms with Crippen LogP contribution in [0.4, 0.5) is 5.69 Å². The number of phenols is 1. The zero-order valence-corrected chi connectivity index (χ0v) is 13.7. The number of hydrogen-bond acceptors (Lipinski definition) is 4. The third kappa shape index (κ3) is 3.18. The summed E-state index contributed by atoms with van der Waals surface area (Å²) in [5.74, 6) is 1.52. The van der Waals surface area contributed by atoms with E-state index in [-0.39, 0.29) is 5.75 Å². The second kappa shape index (κ2) is 7.04. The molecule has 4 heteroatoms. The molecule has 0 bridgehead atoms. The molecule has 0 aliphatic heterocycles. The van der Waals surface area contributed by atoms with Gasteiger partial charge in [-0.25, -0.2) is 0 Å². The molecule has 4 nitrogen and oxygen atoms in total. The molecular weight excluding hydrogens is 302 g/mol. The lowest BCUT2D eigenvalue weighted by Crippen LogP contribution is -1.94. The van der Waals surface area contributed by atoms with Crippen molar-refractivity contribution in [2.75, 3.05) is 13.7 Å². The molecule has 0 fully saturated rings. The zero-order chi connectivity index (χ0) is 16.9. The van der Waals surface area contributed by atoms with E-state index in [0.717, 1.165) is 16.5 Å². The largest absolute Gasteiger partial charge is 0.507 e. The number of nitrogens with zero attached hydrogens (tertiary/aromatic N) is 1. The summed E-state index contributed by atoms with van der Waals surface area (Å²) in [4.78, 5) is 4.48. The number of aliphatic imine (C=N–C) groups is 1. The number of hydrogen-bond donors (Lipinski definition) is 1. The van der Waals surface area contributed by atoms with Gasteiger partial charge in [-0.05, 0) is 35.9 Å². The van der Waals surface area contributed by atoms with Crippen molar-refractivity contribution in [2.24, 2.45) is 4.99 Å². The Balaban J connectivity index is 1.98. The SMILES string of the molecule is CCOc1ccc(N=Cc2c(O)ccc3ccccc23)cc1OC. The van der Waals surface area contributed by atoms with E-state index < -0.39 is 0 Å². The number of methoxy groups -OCH3 is 1. The molecule has 122 valence electrons. The second-order valence-corrected chi connectivity index (χ2v) is 5.25. The molecule has 0 heterocycles. The fourth-order valence-corrected chi connectivity index (χ4v) is 2.57. The first-order chi connectivity index (χ1) is 11.7. The van der Waals surface area contributed by atoms with Crippen LogP contribution in [-0.4, -0.2) is 25.0 Å². The van der Waals surface area contributed by atoms with Crippen molar-refractivity contribution in [3.63, 3.8) is 0 Å². The van der Waals surface area contributed by atoms with E-state index in [4.69, 9.17) is 9.47 Å². The first-order valence-electron chi connectivity index (χ1n) is 7.78. The van der Waals surface area contributed by atoms with Gasteiger partial charge in [0.1, 0.15) is 5.75 Å². The molecule has 0 aliphatic carbocycles. The van der Waals surface area contributed by atoms with Crippen molar-refractivity contribution in [1.82, 2.24) is 0 Å². The van der Waals surface area contributed by atoms with Crippen molar-refractivity contribution < 1.29 is 14.6 Å². The highest BCUT2D eigenvalue weighted by Crippen LogP contribution is 2.32. The van der Waals surface area contributed by atoms with Gasteiger partial charge in [-0.1, -0.05) is 30.3 Å². The van der Waals surface area contributed by atoms with Crippen molar-refractivity contribution >= 4 is 22.7 Å². The number of phenolic OH excluding ortho intramolecular Hbond substituents is 1. The zero-order valence-electron chi connectivity index (χ0n) is 13.7. The van der Waals surface area contributed by atoms with Crippen LogP contribution in [0.3, 0.4) is 0 Å². The summed E-state index contributed by atoms with van der Waals surface area (Å²) < 4.78 is 10.8. The standard InChI is InChI=1S/C20H19NO3/c1-3-24-19-11-9-15(12-20(19)23-2)21-13-17-16-7-5-4-6-14(16)8-10-18(17)22/h4-13,22H,3H2,1-2H3. The molecule has 0 atom stereocenters. The lowest BCUT2D eigenvalue weighted by molar-refractivity contribution is 0.311. The fraction of sp³-hybridized carbons (Fsp3) is 0.150. The predicted octanol–water partition coefficient (Wildman–Crippen LogP) is 4.70. The Kier molecular flexibility index (Phi) is 4.66. The second-order valence-electron chi connectivity index (χ2n) is 5.25. The maximum atomic E-state index is 10.2. The van der Waals surface area contributed by atoms with Crippen molar-refractivity contribution in [2.45, 2.75) is 6.92 Å². The summed E-state index contributed by atoms with van der Waals surface area (Å²) >= 11 is 0. The average molecular weight is 321 g/mol. The smallest absolute Gasteiger partial charge is 0.162 e. The van der Waals surface area contributed by atoms with E-state index in [2.05, 4.69) is 4.99 Å². The molecule has 0 unspecified atom stereocenters. The van der Waals surface area contributed by atoms with Gasteiger partial charge < -0.3 is 14.6 Å². The summed E-state index contributed by atoms with van der Waals surface area (Å²) in [5.41, 5.74) is 1.42. The molecule has 3 aromatic carbocycles. The first kappa shape index (κ1) is 15.9. The van der Waals surface area contributed by atoms with Crippen LogP contribution >= 0.6 is 0 Å². The molecular formula is C20H19NO3. The number of fused-ring (bicyclic) bond motifs is 1. The molecule has 3 rings (SSSR count). The lowest BCUT2D eigenvalue weighted by atomic mass is 10.0. The van der Waals surface area contributed by atoms with E-state index in [0.29, 0.717) is 23.7 Å². The molecule has 0 aromatic heterocycles. The average Bonchev–Trinajstić information content (AvgIpc) is 2.62. The van der Waals surface area contributed by atoms with Crippen LogP contribution in [0, 0.1) is 0 Å². The highest BCUT2D eigenvalue weighted by Gasteiger charge is 2.06. The maximum Gasteiger partial charge on any atom is 0.162 e. The molecule has 0 saturated heterocycles. The molecule has 24 heavy (non-hydrogen) atoms. The Morgan fingerprint density at radius 3 is 2.67 bits per heavy atom. The normalized spacial score (nSPS) is 11.1. The highest BCUT2D eigenvalue weighted by molar-refractivity contribution is 6.03. The number of ether oxygens (including phenoxy) is 2. The minimum Gasteiger partial charge on any atom is -0.507 e. The molecule has 0 spiro atoms. The predicted molar refractivity (Wildman–Crippen MR) is 97.0 cm³/mol. The third-order valence-corrected chi connectivity index (χ3v) is 3.74. The van der Waals surface area contributed by atoms with Gasteiger partial charge in [0, 0.05) is 17.8 Å². The number of rotatable bonds is 5. The molecule has 0 radical (unpaired) electrons. The Labute approximate surface area is 141 Å². The van der Waals surface area contributed by atoms with Crippen LogP contribution in [0.25, 0.3) is 10.8 Å². The van der Waals surface area contributed by atoms with Gasteiger partial charge in [0.2, 0.25) is 0 Å². The minimum atomic E-state index is 0.204.